The third kappa shape index (κ3) is 2.25. The number of rotatable bonds is 3. The van der Waals surface area contributed by atoms with Crippen molar-refractivity contribution >= 4 is 33.2 Å². The third-order valence-corrected chi connectivity index (χ3v) is 3.96. The monoisotopic (exact) mass is 338 g/mol. The molecule has 0 saturated carbocycles. The number of anilines is 1. The maximum absolute atomic E-state index is 11.6. The number of hydrogen-bond acceptors (Lipinski definition) is 5. The summed E-state index contributed by atoms with van der Waals surface area (Å²) < 4.78 is 2.28. The molecule has 1 fully saturated rings. The molecule has 2 atom stereocenters. The second kappa shape index (κ2) is 5.02. The molecule has 2 aromatic heterocycles. The van der Waals surface area contributed by atoms with Crippen LogP contribution in [0.2, 0.25) is 0 Å². The van der Waals surface area contributed by atoms with Crippen LogP contribution in [0.15, 0.2) is 17.0 Å². The zero-order valence-electron chi connectivity index (χ0n) is 10.9. The first-order valence-corrected chi connectivity index (χ1v) is 7.16. The fourth-order valence-corrected chi connectivity index (χ4v) is 2.79. The van der Waals surface area contributed by atoms with Crippen molar-refractivity contribution in [1.29, 1.82) is 0 Å². The van der Waals surface area contributed by atoms with Gasteiger partial charge in [-0.2, -0.15) is 5.10 Å². The van der Waals surface area contributed by atoms with Crippen LogP contribution in [0.4, 0.5) is 5.69 Å². The van der Waals surface area contributed by atoms with Crippen LogP contribution >= 0.6 is 15.9 Å². The Morgan fingerprint density at radius 1 is 1.60 bits per heavy atom. The number of imidazole rings is 1. The maximum Gasteiger partial charge on any atom is 0.252 e. The van der Waals surface area contributed by atoms with Crippen molar-refractivity contribution in [2.45, 2.75) is 13.0 Å². The lowest BCUT2D eigenvalue weighted by molar-refractivity contribution is 0.100. The third-order valence-electron chi connectivity index (χ3n) is 3.58. The Labute approximate surface area is 124 Å². The Balaban J connectivity index is 2.09. The van der Waals surface area contributed by atoms with Crippen LogP contribution in [-0.2, 0) is 0 Å². The molecule has 0 spiro atoms. The summed E-state index contributed by atoms with van der Waals surface area (Å²) in [5.74, 6) is -0.0532. The summed E-state index contributed by atoms with van der Waals surface area (Å²) in [6.45, 7) is 3.94. The van der Waals surface area contributed by atoms with Gasteiger partial charge in [0.25, 0.3) is 5.91 Å². The van der Waals surface area contributed by atoms with Gasteiger partial charge in [-0.25, -0.2) is 9.50 Å². The zero-order chi connectivity index (χ0) is 14.3. The molecule has 106 valence electrons. The summed E-state index contributed by atoms with van der Waals surface area (Å²) in [6.07, 6.45) is 3.21. The summed E-state index contributed by atoms with van der Waals surface area (Å²) in [4.78, 5) is 16.0. The summed E-state index contributed by atoms with van der Waals surface area (Å²) in [5, 5.41) is 10.8. The van der Waals surface area contributed by atoms with E-state index in [-0.39, 0.29) is 6.04 Å². The van der Waals surface area contributed by atoms with E-state index in [0.29, 0.717) is 27.4 Å². The maximum atomic E-state index is 11.6. The van der Waals surface area contributed by atoms with Crippen LogP contribution in [-0.4, -0.2) is 39.6 Å². The highest BCUT2D eigenvalue weighted by Crippen LogP contribution is 2.25. The number of carbonyl (C=O) groups is 1. The Bertz CT molecular complexity index is 669. The van der Waals surface area contributed by atoms with Crippen molar-refractivity contribution in [1.82, 2.24) is 19.9 Å². The average Bonchev–Trinajstić information content (AvgIpc) is 2.95. The van der Waals surface area contributed by atoms with Crippen LogP contribution < -0.4 is 16.4 Å². The minimum Gasteiger partial charge on any atom is -0.377 e. The highest BCUT2D eigenvalue weighted by Gasteiger charge is 2.26. The van der Waals surface area contributed by atoms with Crippen LogP contribution in [0, 0.1) is 5.92 Å². The minimum atomic E-state index is -0.514. The van der Waals surface area contributed by atoms with E-state index >= 15 is 0 Å². The van der Waals surface area contributed by atoms with Gasteiger partial charge < -0.3 is 16.4 Å². The highest BCUT2D eigenvalue weighted by atomic mass is 79.9. The molecule has 0 aromatic carbocycles. The Kier molecular flexibility index (Phi) is 3.35. The molecule has 7 nitrogen and oxygen atoms in total. The Morgan fingerprint density at radius 2 is 2.40 bits per heavy atom. The van der Waals surface area contributed by atoms with Crippen molar-refractivity contribution < 1.29 is 4.79 Å². The van der Waals surface area contributed by atoms with Crippen molar-refractivity contribution in [3.63, 3.8) is 0 Å². The SMILES string of the molecule is C[C@@H]1CNC[C@H]1Nc1c(C(N)=O)cnn2cc(Br)nc12. The Morgan fingerprint density at radius 3 is 3.05 bits per heavy atom. The van der Waals surface area contributed by atoms with Gasteiger partial charge >= 0.3 is 0 Å². The second-order valence-electron chi connectivity index (χ2n) is 5.02. The molecular formula is C12H15BrN6O. The zero-order valence-corrected chi connectivity index (χ0v) is 12.5. The number of primary amides is 1. The fraction of sp³-hybridized carbons (Fsp3) is 0.417. The van der Waals surface area contributed by atoms with Gasteiger partial charge in [-0.15, -0.1) is 0 Å². The lowest BCUT2D eigenvalue weighted by Crippen LogP contribution is -2.29. The molecule has 4 N–H and O–H groups in total. The standard InChI is InChI=1S/C12H15BrN6O/c1-6-2-15-4-8(6)17-10-7(11(14)20)3-16-19-5-9(13)18-12(10)19/h3,5-6,8,15,17H,2,4H2,1H3,(H2,14,20)/t6-,8-/m1/s1. The predicted molar refractivity (Wildman–Crippen MR) is 78.6 cm³/mol. The molecular weight excluding hydrogens is 324 g/mol. The van der Waals surface area contributed by atoms with Crippen LogP contribution in [0.1, 0.15) is 17.3 Å². The normalized spacial score (nSPS) is 22.3. The molecule has 1 aliphatic rings. The van der Waals surface area contributed by atoms with Crippen LogP contribution in [0.3, 0.4) is 0 Å². The predicted octanol–water partition coefficient (Wildman–Crippen LogP) is 0.611. The number of halogens is 1. The smallest absolute Gasteiger partial charge is 0.252 e. The first-order valence-electron chi connectivity index (χ1n) is 6.37. The van der Waals surface area contributed by atoms with E-state index in [1.54, 1.807) is 10.7 Å². The summed E-state index contributed by atoms with van der Waals surface area (Å²) in [6, 6.07) is 0.231. The molecule has 20 heavy (non-hydrogen) atoms. The molecule has 3 rings (SSSR count). The highest BCUT2D eigenvalue weighted by molar-refractivity contribution is 9.10. The Hall–Kier alpha value is -1.67. The van der Waals surface area contributed by atoms with Gasteiger partial charge in [0.05, 0.1) is 23.6 Å². The first-order chi connectivity index (χ1) is 9.56. The molecule has 1 saturated heterocycles. The van der Waals surface area contributed by atoms with Gasteiger partial charge in [-0.1, -0.05) is 6.92 Å². The number of aromatic nitrogens is 3. The minimum absolute atomic E-state index is 0.231. The fourth-order valence-electron chi connectivity index (χ4n) is 2.42. The van der Waals surface area contributed by atoms with Crippen molar-refractivity contribution in [3.05, 3.63) is 22.6 Å². The molecule has 3 heterocycles. The molecule has 0 aliphatic carbocycles. The van der Waals surface area contributed by atoms with Gasteiger partial charge in [0.1, 0.15) is 4.60 Å². The quantitative estimate of drug-likeness (QED) is 0.761. The largest absolute Gasteiger partial charge is 0.377 e. The van der Waals surface area contributed by atoms with Crippen LogP contribution in [0.25, 0.3) is 5.65 Å². The number of nitrogens with two attached hydrogens (primary N) is 1. The van der Waals surface area contributed by atoms with Gasteiger partial charge in [0.15, 0.2) is 5.65 Å². The summed E-state index contributed by atoms with van der Waals surface area (Å²) >= 11 is 3.32. The molecule has 8 heteroatoms. The second-order valence-corrected chi connectivity index (χ2v) is 5.83. The lowest BCUT2D eigenvalue weighted by atomic mass is 10.1. The van der Waals surface area contributed by atoms with E-state index in [9.17, 15) is 4.79 Å². The number of nitrogens with one attached hydrogen (secondary N) is 2. The van der Waals surface area contributed by atoms with E-state index in [2.05, 4.69) is 43.6 Å². The van der Waals surface area contributed by atoms with Gasteiger partial charge in [-0.3, -0.25) is 4.79 Å². The van der Waals surface area contributed by atoms with Crippen molar-refractivity contribution in [2.24, 2.45) is 11.7 Å². The topological polar surface area (TPSA) is 97.3 Å². The van der Waals surface area contributed by atoms with Crippen molar-refractivity contribution in [2.75, 3.05) is 18.4 Å². The number of hydrogen-bond donors (Lipinski definition) is 3. The molecule has 2 aromatic rings. The van der Waals surface area contributed by atoms with Gasteiger partial charge in [-0.05, 0) is 28.4 Å². The average molecular weight is 339 g/mol. The molecule has 0 unspecified atom stereocenters. The van der Waals surface area contributed by atoms with Gasteiger partial charge in [0, 0.05) is 12.6 Å². The van der Waals surface area contributed by atoms with E-state index in [1.165, 1.54) is 6.20 Å². The molecule has 1 aliphatic heterocycles. The van der Waals surface area contributed by atoms with E-state index in [1.807, 2.05) is 0 Å². The number of carbonyl (C=O) groups excluding carboxylic acids is 1. The van der Waals surface area contributed by atoms with Crippen LogP contribution in [0.5, 0.6) is 0 Å². The number of nitrogens with zero attached hydrogens (tertiary/aromatic N) is 3. The number of amides is 1. The summed E-state index contributed by atoms with van der Waals surface area (Å²) in [5.41, 5.74) is 7.02. The molecule has 0 radical (unpaired) electrons. The summed E-state index contributed by atoms with van der Waals surface area (Å²) in [7, 11) is 0. The van der Waals surface area contributed by atoms with E-state index < -0.39 is 5.91 Å². The first kappa shape index (κ1) is 13.3. The van der Waals surface area contributed by atoms with Crippen molar-refractivity contribution in [3.8, 4) is 0 Å². The molecule has 1 amide bonds. The molecule has 0 bridgehead atoms. The van der Waals surface area contributed by atoms with E-state index in [4.69, 9.17) is 5.73 Å². The van der Waals surface area contributed by atoms with E-state index in [0.717, 1.165) is 13.1 Å². The number of fused-ring (bicyclic) bond motifs is 1. The lowest BCUT2D eigenvalue weighted by Gasteiger charge is -2.19. The van der Waals surface area contributed by atoms with Gasteiger partial charge in [0.2, 0.25) is 0 Å².